The van der Waals surface area contributed by atoms with Gasteiger partial charge in [0.1, 0.15) is 17.7 Å². The first-order valence-electron chi connectivity index (χ1n) is 7.94. The van der Waals surface area contributed by atoms with Gasteiger partial charge >= 0.3 is 5.97 Å². The van der Waals surface area contributed by atoms with Crippen LogP contribution in [0.15, 0.2) is 36.0 Å². The maximum atomic E-state index is 12.7. The number of aromatic nitrogens is 4. The van der Waals surface area contributed by atoms with E-state index in [2.05, 4.69) is 25.8 Å². The molecule has 4 heterocycles. The highest BCUT2D eigenvalue weighted by Gasteiger charge is 2.27. The van der Waals surface area contributed by atoms with E-state index in [1.807, 2.05) is 12.1 Å². The molecule has 1 aliphatic rings. The Labute approximate surface area is 152 Å². The highest BCUT2D eigenvalue weighted by atomic mass is 32.1. The maximum absolute atomic E-state index is 12.7. The van der Waals surface area contributed by atoms with Crippen molar-refractivity contribution in [2.24, 2.45) is 5.92 Å². The largest absolute Gasteiger partial charge is 0.477 e. The summed E-state index contributed by atoms with van der Waals surface area (Å²) in [6, 6.07) is 1.82. The third-order valence-corrected chi connectivity index (χ3v) is 5.16. The minimum Gasteiger partial charge on any atom is -0.477 e. The molecule has 0 radical (unpaired) electrons. The zero-order valence-electron chi connectivity index (χ0n) is 13.9. The van der Waals surface area contributed by atoms with E-state index in [0.717, 1.165) is 30.4 Å². The minimum atomic E-state index is -1.28. The number of nitrogens with zero attached hydrogens (tertiary/aromatic N) is 5. The lowest BCUT2D eigenvalue weighted by Gasteiger charge is -2.38. The average molecular weight is 369 g/mol. The van der Waals surface area contributed by atoms with Crippen molar-refractivity contribution in [3.63, 3.8) is 0 Å². The predicted molar refractivity (Wildman–Crippen MR) is 98.4 cm³/mol. The zero-order valence-corrected chi connectivity index (χ0v) is 14.7. The molecular formula is C17H15N5O3S. The quantitative estimate of drug-likeness (QED) is 0.701. The highest BCUT2D eigenvalue weighted by Crippen LogP contribution is 2.28. The van der Waals surface area contributed by atoms with Crippen molar-refractivity contribution in [3.8, 4) is 5.13 Å². The van der Waals surface area contributed by atoms with Crippen molar-refractivity contribution < 1.29 is 9.90 Å². The molecule has 1 aliphatic heterocycles. The van der Waals surface area contributed by atoms with Gasteiger partial charge < -0.3 is 10.0 Å². The topological polar surface area (TPSA) is 101 Å². The summed E-state index contributed by atoms with van der Waals surface area (Å²) in [7, 11) is 0. The monoisotopic (exact) mass is 369 g/mol. The molecule has 0 atom stereocenters. The van der Waals surface area contributed by atoms with Crippen molar-refractivity contribution in [1.82, 2.24) is 18.9 Å². The van der Waals surface area contributed by atoms with Crippen LogP contribution >= 0.6 is 11.5 Å². The van der Waals surface area contributed by atoms with Crippen LogP contribution in [0.1, 0.15) is 15.9 Å². The van der Waals surface area contributed by atoms with Crippen LogP contribution in [-0.4, -0.2) is 43.1 Å². The zero-order chi connectivity index (χ0) is 18.4. The Balaban J connectivity index is 1.99. The van der Waals surface area contributed by atoms with E-state index in [9.17, 15) is 14.7 Å². The van der Waals surface area contributed by atoms with E-state index >= 15 is 0 Å². The fourth-order valence-electron chi connectivity index (χ4n) is 3.06. The standard InChI is InChI=1S/C17H15N5O3S/c1-3-10-5-21(6-10)12-4-9(2)13-14(23)11(16(24)25)7-22(15(13)20-12)17-18-8-19-26-17/h3-4,7-8,10H,1,5-6H2,2H3,(H,24,25). The number of aromatic carboxylic acids is 1. The van der Waals surface area contributed by atoms with Gasteiger partial charge in [0.25, 0.3) is 0 Å². The second kappa shape index (κ2) is 6.03. The molecule has 8 nitrogen and oxygen atoms in total. The summed E-state index contributed by atoms with van der Waals surface area (Å²) < 4.78 is 5.49. The van der Waals surface area contributed by atoms with Crippen molar-refractivity contribution in [1.29, 1.82) is 0 Å². The van der Waals surface area contributed by atoms with Crippen LogP contribution in [0, 0.1) is 12.8 Å². The molecule has 132 valence electrons. The normalized spacial score (nSPS) is 14.4. The Bertz CT molecular complexity index is 1080. The molecule has 0 spiro atoms. The van der Waals surface area contributed by atoms with Crippen LogP contribution in [0.2, 0.25) is 0 Å². The molecule has 4 rings (SSSR count). The second-order valence-electron chi connectivity index (χ2n) is 6.17. The summed E-state index contributed by atoms with van der Waals surface area (Å²) in [5.74, 6) is -0.114. The number of pyridine rings is 2. The SMILES string of the molecule is C=CC1CN(c2cc(C)c3c(=O)c(C(=O)O)cn(-c4ncns4)c3n2)C1. The summed E-state index contributed by atoms with van der Waals surface area (Å²) >= 11 is 1.10. The third-order valence-electron chi connectivity index (χ3n) is 4.50. The average Bonchev–Trinajstić information content (AvgIpc) is 3.07. The number of carboxylic acid groups (broad SMARTS) is 1. The van der Waals surface area contributed by atoms with Gasteiger partial charge in [-0.3, -0.25) is 9.36 Å². The Morgan fingerprint density at radius 3 is 2.85 bits per heavy atom. The summed E-state index contributed by atoms with van der Waals surface area (Å²) in [5.41, 5.74) is 0.200. The second-order valence-corrected chi connectivity index (χ2v) is 6.93. The van der Waals surface area contributed by atoms with E-state index in [-0.39, 0.29) is 10.9 Å². The lowest BCUT2D eigenvalue weighted by molar-refractivity contribution is 0.0695. The number of carbonyl (C=O) groups is 1. The fourth-order valence-corrected chi connectivity index (χ4v) is 3.57. The lowest BCUT2D eigenvalue weighted by atomic mass is 10.00. The third kappa shape index (κ3) is 2.48. The molecule has 0 aliphatic carbocycles. The van der Waals surface area contributed by atoms with E-state index in [0.29, 0.717) is 22.3 Å². The Kier molecular flexibility index (Phi) is 3.80. The van der Waals surface area contributed by atoms with E-state index < -0.39 is 11.4 Å². The molecule has 0 aromatic carbocycles. The van der Waals surface area contributed by atoms with Crippen molar-refractivity contribution in [2.75, 3.05) is 18.0 Å². The molecule has 1 fully saturated rings. The molecule has 0 unspecified atom stereocenters. The molecule has 3 aromatic heterocycles. The molecule has 1 saturated heterocycles. The smallest absolute Gasteiger partial charge is 0.341 e. The van der Waals surface area contributed by atoms with Crippen LogP contribution in [0.4, 0.5) is 5.82 Å². The molecule has 26 heavy (non-hydrogen) atoms. The highest BCUT2D eigenvalue weighted by molar-refractivity contribution is 7.08. The molecule has 0 saturated carbocycles. The van der Waals surface area contributed by atoms with Gasteiger partial charge in [-0.05, 0) is 18.6 Å². The van der Waals surface area contributed by atoms with E-state index in [1.54, 1.807) is 6.92 Å². The van der Waals surface area contributed by atoms with Gasteiger partial charge in [-0.15, -0.1) is 6.58 Å². The summed E-state index contributed by atoms with van der Waals surface area (Å²) in [4.78, 5) is 35.1. The van der Waals surface area contributed by atoms with Gasteiger partial charge in [0.15, 0.2) is 5.65 Å². The first kappa shape index (κ1) is 16.4. The van der Waals surface area contributed by atoms with Crippen LogP contribution in [0.25, 0.3) is 16.2 Å². The Hall–Kier alpha value is -3.07. The van der Waals surface area contributed by atoms with E-state index in [1.165, 1.54) is 17.1 Å². The molecule has 0 amide bonds. The maximum Gasteiger partial charge on any atom is 0.341 e. The molecule has 1 N–H and O–H groups in total. The van der Waals surface area contributed by atoms with Crippen molar-refractivity contribution in [3.05, 3.63) is 52.6 Å². The number of anilines is 1. The van der Waals surface area contributed by atoms with Crippen LogP contribution in [-0.2, 0) is 0 Å². The minimum absolute atomic E-state index is 0.282. The number of hydrogen-bond donors (Lipinski definition) is 1. The number of carboxylic acids is 1. The number of rotatable bonds is 4. The summed E-state index contributed by atoms with van der Waals surface area (Å²) in [6.07, 6.45) is 4.57. The van der Waals surface area contributed by atoms with Crippen LogP contribution in [0.3, 0.4) is 0 Å². The van der Waals surface area contributed by atoms with Crippen LogP contribution in [0.5, 0.6) is 0 Å². The first-order chi connectivity index (χ1) is 12.5. The Morgan fingerprint density at radius 2 is 2.23 bits per heavy atom. The van der Waals surface area contributed by atoms with Crippen molar-refractivity contribution >= 4 is 34.4 Å². The predicted octanol–water partition coefficient (Wildman–Crippen LogP) is 1.87. The Morgan fingerprint density at radius 1 is 1.46 bits per heavy atom. The van der Waals surface area contributed by atoms with Gasteiger partial charge in [0.2, 0.25) is 10.6 Å². The summed E-state index contributed by atoms with van der Waals surface area (Å²) in [5, 5.41) is 10.1. The number of aryl methyl sites for hydroxylation is 1. The molecular weight excluding hydrogens is 354 g/mol. The van der Waals surface area contributed by atoms with Gasteiger partial charge in [-0.1, -0.05) is 6.08 Å². The molecule has 3 aromatic rings. The summed E-state index contributed by atoms with van der Waals surface area (Å²) in [6.45, 7) is 7.22. The first-order valence-corrected chi connectivity index (χ1v) is 8.71. The van der Waals surface area contributed by atoms with Gasteiger partial charge in [0, 0.05) is 36.7 Å². The fraction of sp³-hybridized carbons (Fsp3) is 0.235. The van der Waals surface area contributed by atoms with E-state index in [4.69, 9.17) is 0 Å². The van der Waals surface area contributed by atoms with Crippen LogP contribution < -0.4 is 10.3 Å². The van der Waals surface area contributed by atoms with Gasteiger partial charge in [-0.25, -0.2) is 14.8 Å². The van der Waals surface area contributed by atoms with Gasteiger partial charge in [-0.2, -0.15) is 4.37 Å². The number of hydrogen-bond acceptors (Lipinski definition) is 7. The molecule has 9 heteroatoms. The lowest BCUT2D eigenvalue weighted by Crippen LogP contribution is -2.46. The van der Waals surface area contributed by atoms with Gasteiger partial charge in [0.05, 0.1) is 5.39 Å². The molecule has 0 bridgehead atoms. The number of fused-ring (bicyclic) bond motifs is 1. The van der Waals surface area contributed by atoms with Crippen molar-refractivity contribution in [2.45, 2.75) is 6.92 Å².